The molecule has 1 aliphatic carbocycles. The number of hydrogen-bond donors (Lipinski definition) is 0. The van der Waals surface area contributed by atoms with Gasteiger partial charge in [-0.2, -0.15) is 0 Å². The molecule has 1 heterocycles. The van der Waals surface area contributed by atoms with Gasteiger partial charge in [0.2, 0.25) is 0 Å². The second-order valence-electron chi connectivity index (χ2n) is 4.23. The summed E-state index contributed by atoms with van der Waals surface area (Å²) in [5.74, 6) is 2.16. The van der Waals surface area contributed by atoms with Crippen LogP contribution >= 0.6 is 23.4 Å². The number of halogens is 1. The maximum atomic E-state index is 5.89. The summed E-state index contributed by atoms with van der Waals surface area (Å²) >= 11 is 7.82. The third kappa shape index (κ3) is 3.12. The van der Waals surface area contributed by atoms with Crippen molar-refractivity contribution in [2.24, 2.45) is 5.92 Å². The highest BCUT2D eigenvalue weighted by Gasteiger charge is 2.15. The first-order valence-corrected chi connectivity index (χ1v) is 6.87. The fourth-order valence-electron chi connectivity index (χ4n) is 2.02. The van der Waals surface area contributed by atoms with Crippen LogP contribution in [0.5, 0.6) is 0 Å². The molecule has 0 radical (unpaired) electrons. The number of pyridine rings is 1. The lowest BCUT2D eigenvalue weighted by molar-refractivity contribution is 0.623. The van der Waals surface area contributed by atoms with Crippen LogP contribution in [0, 0.1) is 12.8 Å². The Morgan fingerprint density at radius 1 is 1.47 bits per heavy atom. The van der Waals surface area contributed by atoms with Gasteiger partial charge >= 0.3 is 0 Å². The van der Waals surface area contributed by atoms with Crippen LogP contribution in [0.2, 0.25) is 5.15 Å². The Labute approximate surface area is 101 Å². The lowest BCUT2D eigenvalue weighted by atomic mass is 10.1. The summed E-state index contributed by atoms with van der Waals surface area (Å²) in [6.07, 6.45) is 7.51. The van der Waals surface area contributed by atoms with Crippen LogP contribution in [0.15, 0.2) is 17.2 Å². The zero-order valence-electron chi connectivity index (χ0n) is 9.00. The summed E-state index contributed by atoms with van der Waals surface area (Å²) in [7, 11) is 0. The maximum absolute atomic E-state index is 5.89. The van der Waals surface area contributed by atoms with Gasteiger partial charge in [0.05, 0.1) is 0 Å². The Bertz CT molecular complexity index is 334. The fourth-order valence-corrected chi connectivity index (χ4v) is 3.47. The van der Waals surface area contributed by atoms with E-state index in [0.29, 0.717) is 5.15 Å². The highest BCUT2D eigenvalue weighted by molar-refractivity contribution is 7.99. The summed E-state index contributed by atoms with van der Waals surface area (Å²) < 4.78 is 0. The molecule has 0 spiro atoms. The first kappa shape index (κ1) is 11.3. The maximum Gasteiger partial charge on any atom is 0.130 e. The van der Waals surface area contributed by atoms with E-state index >= 15 is 0 Å². The number of aromatic nitrogens is 1. The third-order valence-corrected chi connectivity index (χ3v) is 4.57. The van der Waals surface area contributed by atoms with E-state index in [1.165, 1.54) is 41.9 Å². The van der Waals surface area contributed by atoms with Gasteiger partial charge in [-0.1, -0.05) is 24.4 Å². The van der Waals surface area contributed by atoms with Gasteiger partial charge in [-0.25, -0.2) is 4.98 Å². The molecule has 0 saturated heterocycles. The minimum absolute atomic E-state index is 0.606. The molecule has 0 bridgehead atoms. The Kier molecular flexibility index (Phi) is 3.92. The van der Waals surface area contributed by atoms with E-state index in [4.69, 9.17) is 11.6 Å². The first-order valence-electron chi connectivity index (χ1n) is 5.50. The SMILES string of the molecule is Cc1cnc(Cl)cc1SCC1CCCC1. The van der Waals surface area contributed by atoms with E-state index in [1.807, 2.05) is 24.0 Å². The summed E-state index contributed by atoms with van der Waals surface area (Å²) in [5.41, 5.74) is 1.24. The van der Waals surface area contributed by atoms with Gasteiger partial charge in [0.25, 0.3) is 0 Å². The van der Waals surface area contributed by atoms with Gasteiger partial charge in [0, 0.05) is 16.8 Å². The van der Waals surface area contributed by atoms with E-state index in [0.717, 1.165) is 5.92 Å². The standard InChI is InChI=1S/C12H16ClNS/c1-9-7-14-12(13)6-11(9)15-8-10-4-2-3-5-10/h6-7,10H,2-5,8H2,1H3. The summed E-state index contributed by atoms with van der Waals surface area (Å²) in [6.45, 7) is 2.10. The van der Waals surface area contributed by atoms with Crippen LogP contribution in [-0.4, -0.2) is 10.7 Å². The number of nitrogens with zero attached hydrogens (tertiary/aromatic N) is 1. The lowest BCUT2D eigenvalue weighted by Crippen LogP contribution is -1.97. The average molecular weight is 242 g/mol. The van der Waals surface area contributed by atoms with Crippen LogP contribution in [0.3, 0.4) is 0 Å². The molecule has 0 aliphatic heterocycles. The van der Waals surface area contributed by atoms with Crippen molar-refractivity contribution in [2.75, 3.05) is 5.75 Å². The zero-order chi connectivity index (χ0) is 10.7. The summed E-state index contributed by atoms with van der Waals surface area (Å²) in [4.78, 5) is 5.36. The van der Waals surface area contributed by atoms with Gasteiger partial charge in [-0.15, -0.1) is 11.8 Å². The number of aryl methyl sites for hydroxylation is 1. The van der Waals surface area contributed by atoms with Gasteiger partial charge in [0.15, 0.2) is 0 Å². The molecule has 0 amide bonds. The molecule has 0 unspecified atom stereocenters. The Morgan fingerprint density at radius 3 is 2.93 bits per heavy atom. The van der Waals surface area contributed by atoms with E-state index in [-0.39, 0.29) is 0 Å². The van der Waals surface area contributed by atoms with Crippen molar-refractivity contribution in [1.82, 2.24) is 4.98 Å². The topological polar surface area (TPSA) is 12.9 Å². The van der Waals surface area contributed by atoms with Crippen LogP contribution < -0.4 is 0 Å². The summed E-state index contributed by atoms with van der Waals surface area (Å²) in [5, 5.41) is 0.606. The second-order valence-corrected chi connectivity index (χ2v) is 5.68. The number of rotatable bonds is 3. The van der Waals surface area contributed by atoms with Crippen LogP contribution in [0.25, 0.3) is 0 Å². The fraction of sp³-hybridized carbons (Fsp3) is 0.583. The summed E-state index contributed by atoms with van der Waals surface area (Å²) in [6, 6.07) is 1.98. The second kappa shape index (κ2) is 5.22. The van der Waals surface area contributed by atoms with Crippen molar-refractivity contribution in [1.29, 1.82) is 0 Å². The molecule has 1 nitrogen and oxygen atoms in total. The number of thioether (sulfide) groups is 1. The van der Waals surface area contributed by atoms with E-state index in [1.54, 1.807) is 0 Å². The predicted molar refractivity (Wildman–Crippen MR) is 66.7 cm³/mol. The zero-order valence-corrected chi connectivity index (χ0v) is 10.6. The average Bonchev–Trinajstić information content (AvgIpc) is 2.72. The molecule has 3 heteroatoms. The molecule has 82 valence electrons. The van der Waals surface area contributed by atoms with Gasteiger partial charge < -0.3 is 0 Å². The van der Waals surface area contributed by atoms with Crippen molar-refractivity contribution < 1.29 is 0 Å². The molecule has 1 fully saturated rings. The van der Waals surface area contributed by atoms with Crippen molar-refractivity contribution >= 4 is 23.4 Å². The Hall–Kier alpha value is -0.210. The molecule has 0 aromatic carbocycles. The first-order chi connectivity index (χ1) is 7.25. The molecular weight excluding hydrogens is 226 g/mol. The minimum atomic E-state index is 0.606. The Balaban J connectivity index is 1.94. The van der Waals surface area contributed by atoms with E-state index < -0.39 is 0 Å². The Morgan fingerprint density at radius 2 is 2.20 bits per heavy atom. The van der Waals surface area contributed by atoms with Crippen LogP contribution in [0.4, 0.5) is 0 Å². The highest BCUT2D eigenvalue weighted by atomic mass is 35.5. The lowest BCUT2D eigenvalue weighted by Gasteiger charge is -2.09. The normalized spacial score (nSPS) is 17.2. The largest absolute Gasteiger partial charge is 0.244 e. The highest BCUT2D eigenvalue weighted by Crippen LogP contribution is 2.32. The molecule has 15 heavy (non-hydrogen) atoms. The molecule has 1 aliphatic rings. The smallest absolute Gasteiger partial charge is 0.130 e. The van der Waals surface area contributed by atoms with Crippen molar-refractivity contribution in [3.8, 4) is 0 Å². The number of hydrogen-bond acceptors (Lipinski definition) is 2. The molecule has 0 N–H and O–H groups in total. The quantitative estimate of drug-likeness (QED) is 0.577. The monoisotopic (exact) mass is 241 g/mol. The molecule has 0 atom stereocenters. The molecule has 1 aromatic rings. The van der Waals surface area contributed by atoms with Crippen molar-refractivity contribution in [3.05, 3.63) is 23.0 Å². The third-order valence-electron chi connectivity index (χ3n) is 2.97. The molecule has 1 saturated carbocycles. The molecule has 2 rings (SSSR count). The van der Waals surface area contributed by atoms with Crippen molar-refractivity contribution in [2.45, 2.75) is 37.5 Å². The van der Waals surface area contributed by atoms with Gasteiger partial charge in [-0.05, 0) is 37.3 Å². The minimum Gasteiger partial charge on any atom is -0.244 e. The molecule has 1 aromatic heterocycles. The van der Waals surface area contributed by atoms with Crippen LogP contribution in [-0.2, 0) is 0 Å². The predicted octanol–water partition coefficient (Wildman–Crippen LogP) is 4.33. The molecular formula is C12H16ClNS. The van der Waals surface area contributed by atoms with E-state index in [2.05, 4.69) is 11.9 Å². The van der Waals surface area contributed by atoms with Crippen LogP contribution in [0.1, 0.15) is 31.2 Å². The van der Waals surface area contributed by atoms with Crippen molar-refractivity contribution in [3.63, 3.8) is 0 Å². The van der Waals surface area contributed by atoms with E-state index in [9.17, 15) is 0 Å². The van der Waals surface area contributed by atoms with Gasteiger partial charge in [0.1, 0.15) is 5.15 Å². The van der Waals surface area contributed by atoms with Gasteiger partial charge in [-0.3, -0.25) is 0 Å².